The van der Waals surface area contributed by atoms with Gasteiger partial charge in [-0.25, -0.2) is 4.98 Å². The van der Waals surface area contributed by atoms with Crippen molar-refractivity contribution in [3.05, 3.63) is 72.6 Å². The van der Waals surface area contributed by atoms with Crippen molar-refractivity contribution in [3.63, 3.8) is 0 Å². The first-order valence-electron chi connectivity index (χ1n) is 11.3. The highest BCUT2D eigenvalue weighted by atomic mass is 16.5. The number of ether oxygens (including phenoxy) is 1. The summed E-state index contributed by atoms with van der Waals surface area (Å²) in [5.74, 6) is 2.01. The van der Waals surface area contributed by atoms with E-state index in [1.807, 2.05) is 63.2 Å². The van der Waals surface area contributed by atoms with Gasteiger partial charge in [0.15, 0.2) is 0 Å². The zero-order chi connectivity index (χ0) is 22.6. The summed E-state index contributed by atoms with van der Waals surface area (Å²) in [6.07, 6.45) is 1.64. The number of rotatable bonds is 8. The first kappa shape index (κ1) is 21.9. The van der Waals surface area contributed by atoms with Crippen LogP contribution in [0.5, 0.6) is 5.75 Å². The fourth-order valence-corrected chi connectivity index (χ4v) is 3.85. The molecule has 3 aromatic carbocycles. The molecule has 0 fully saturated rings. The number of imidazole rings is 1. The van der Waals surface area contributed by atoms with E-state index in [0.717, 1.165) is 40.8 Å². The number of amides is 1. The first-order chi connectivity index (χ1) is 15.4. The Morgan fingerprint density at radius 3 is 2.59 bits per heavy atom. The van der Waals surface area contributed by atoms with Crippen LogP contribution in [0.25, 0.3) is 21.8 Å². The van der Waals surface area contributed by atoms with Gasteiger partial charge in [0, 0.05) is 23.8 Å². The highest BCUT2D eigenvalue weighted by Crippen LogP contribution is 2.25. The minimum absolute atomic E-state index is 0.0782. The summed E-state index contributed by atoms with van der Waals surface area (Å²) >= 11 is 0. The Kier molecular flexibility index (Phi) is 6.45. The monoisotopic (exact) mass is 429 g/mol. The van der Waals surface area contributed by atoms with Crippen molar-refractivity contribution in [1.82, 2.24) is 14.9 Å². The van der Waals surface area contributed by atoms with Crippen LogP contribution in [0.1, 0.15) is 33.0 Å². The van der Waals surface area contributed by atoms with Crippen LogP contribution < -0.4 is 10.1 Å². The molecule has 0 radical (unpaired) electrons. The molecule has 0 unspecified atom stereocenters. The summed E-state index contributed by atoms with van der Waals surface area (Å²) in [5, 5.41) is 5.33. The second-order valence-corrected chi connectivity index (χ2v) is 9.10. The van der Waals surface area contributed by atoms with Gasteiger partial charge < -0.3 is 14.6 Å². The van der Waals surface area contributed by atoms with E-state index in [1.54, 1.807) is 0 Å². The third-order valence-corrected chi connectivity index (χ3v) is 5.60. The summed E-state index contributed by atoms with van der Waals surface area (Å²) in [7, 11) is 0. The lowest BCUT2D eigenvalue weighted by molar-refractivity contribution is -0.128. The lowest BCUT2D eigenvalue weighted by Crippen LogP contribution is -2.35. The van der Waals surface area contributed by atoms with Gasteiger partial charge in [0.1, 0.15) is 18.2 Å². The minimum atomic E-state index is -0.369. The first-order valence-corrected chi connectivity index (χ1v) is 11.3. The molecule has 1 amide bonds. The van der Waals surface area contributed by atoms with Crippen molar-refractivity contribution in [2.24, 2.45) is 5.41 Å². The van der Waals surface area contributed by atoms with Crippen LogP contribution in [-0.4, -0.2) is 28.6 Å². The van der Waals surface area contributed by atoms with E-state index in [9.17, 15) is 4.79 Å². The molecule has 0 aliphatic carbocycles. The van der Waals surface area contributed by atoms with Crippen LogP contribution in [0, 0.1) is 5.41 Å². The van der Waals surface area contributed by atoms with Crippen LogP contribution in [0.2, 0.25) is 0 Å². The topological polar surface area (TPSA) is 56.2 Å². The number of carbonyl (C=O) groups is 1. The number of nitrogens with zero attached hydrogens (tertiary/aromatic N) is 2. The number of aromatic nitrogens is 2. The molecule has 0 saturated heterocycles. The lowest BCUT2D eigenvalue weighted by Gasteiger charge is -2.17. The van der Waals surface area contributed by atoms with Gasteiger partial charge in [-0.1, -0.05) is 69.3 Å². The van der Waals surface area contributed by atoms with Crippen molar-refractivity contribution in [3.8, 4) is 5.75 Å². The Hall–Kier alpha value is -3.34. The smallest absolute Gasteiger partial charge is 0.225 e. The predicted molar refractivity (Wildman–Crippen MR) is 130 cm³/mol. The molecule has 32 heavy (non-hydrogen) atoms. The van der Waals surface area contributed by atoms with E-state index in [0.29, 0.717) is 19.7 Å². The molecule has 166 valence electrons. The highest BCUT2D eigenvalue weighted by Gasteiger charge is 2.20. The number of para-hydroxylation sites is 2. The van der Waals surface area contributed by atoms with Gasteiger partial charge >= 0.3 is 0 Å². The average molecular weight is 430 g/mol. The summed E-state index contributed by atoms with van der Waals surface area (Å²) in [6.45, 7) is 7.70. The van der Waals surface area contributed by atoms with Crippen molar-refractivity contribution in [1.29, 1.82) is 0 Å². The van der Waals surface area contributed by atoms with Crippen molar-refractivity contribution < 1.29 is 9.53 Å². The number of fused-ring (bicyclic) bond motifs is 2. The van der Waals surface area contributed by atoms with Gasteiger partial charge in [0.05, 0.1) is 17.6 Å². The second-order valence-electron chi connectivity index (χ2n) is 9.10. The fraction of sp³-hybridized carbons (Fsp3) is 0.333. The minimum Gasteiger partial charge on any atom is -0.491 e. The number of hydrogen-bond acceptors (Lipinski definition) is 3. The average Bonchev–Trinajstić information content (AvgIpc) is 3.13. The van der Waals surface area contributed by atoms with E-state index in [-0.39, 0.29) is 11.3 Å². The maximum atomic E-state index is 12.1. The number of carbonyl (C=O) groups excluding carboxylic acids is 1. The molecule has 5 nitrogen and oxygen atoms in total. The van der Waals surface area contributed by atoms with Crippen LogP contribution in [0.15, 0.2) is 66.7 Å². The van der Waals surface area contributed by atoms with E-state index in [2.05, 4.69) is 34.1 Å². The zero-order valence-corrected chi connectivity index (χ0v) is 19.1. The maximum absolute atomic E-state index is 12.1. The van der Waals surface area contributed by atoms with E-state index >= 15 is 0 Å². The molecular weight excluding hydrogens is 398 g/mol. The van der Waals surface area contributed by atoms with Crippen LogP contribution in [-0.2, 0) is 17.8 Å². The summed E-state index contributed by atoms with van der Waals surface area (Å²) in [5.41, 5.74) is 1.74. The Labute approximate surface area is 189 Å². The molecule has 5 heteroatoms. The third-order valence-electron chi connectivity index (χ3n) is 5.60. The molecular formula is C27H31N3O2. The Balaban J connectivity index is 1.44. The van der Waals surface area contributed by atoms with Gasteiger partial charge in [-0.15, -0.1) is 0 Å². The number of aryl methyl sites for hydroxylation is 1. The predicted octanol–water partition coefficient (Wildman–Crippen LogP) is 5.36. The van der Waals surface area contributed by atoms with Crippen LogP contribution in [0.4, 0.5) is 0 Å². The van der Waals surface area contributed by atoms with Crippen molar-refractivity contribution in [2.75, 3.05) is 13.2 Å². The molecule has 0 aliphatic rings. The molecule has 0 atom stereocenters. The van der Waals surface area contributed by atoms with Crippen molar-refractivity contribution >= 4 is 27.7 Å². The summed E-state index contributed by atoms with van der Waals surface area (Å²) in [6, 6.07) is 22.6. The fourth-order valence-electron chi connectivity index (χ4n) is 3.85. The zero-order valence-electron chi connectivity index (χ0n) is 19.1. The number of hydrogen-bond donors (Lipinski definition) is 1. The number of benzene rings is 3. The second kappa shape index (κ2) is 9.43. The number of nitrogens with one attached hydrogen (secondary N) is 1. The molecule has 4 aromatic rings. The van der Waals surface area contributed by atoms with Gasteiger partial charge in [-0.2, -0.15) is 0 Å². The molecule has 0 aliphatic heterocycles. The normalized spacial score (nSPS) is 11.7. The summed E-state index contributed by atoms with van der Waals surface area (Å²) < 4.78 is 8.43. The summed E-state index contributed by atoms with van der Waals surface area (Å²) in [4.78, 5) is 17.0. The van der Waals surface area contributed by atoms with Gasteiger partial charge in [0.25, 0.3) is 0 Å². The Morgan fingerprint density at radius 2 is 1.75 bits per heavy atom. The Bertz CT molecular complexity index is 1220. The molecule has 0 spiro atoms. The lowest BCUT2D eigenvalue weighted by atomic mass is 9.96. The maximum Gasteiger partial charge on any atom is 0.225 e. The van der Waals surface area contributed by atoms with E-state index in [4.69, 9.17) is 9.72 Å². The molecule has 1 N–H and O–H groups in total. The SMILES string of the molecule is CC(C)(C)C(=O)NCCCc1nc2ccccc2n1CCOc1cccc2ccccc12. The third kappa shape index (κ3) is 4.93. The quantitative estimate of drug-likeness (QED) is 0.384. The highest BCUT2D eigenvalue weighted by molar-refractivity contribution is 5.88. The Morgan fingerprint density at radius 1 is 1.00 bits per heavy atom. The van der Waals surface area contributed by atoms with Gasteiger partial charge in [-0.3, -0.25) is 4.79 Å². The standard InChI is InChI=1S/C27H31N3O2/c1-27(2,3)26(31)28-17-9-16-25-29-22-13-6-7-14-23(22)30(25)18-19-32-24-15-8-11-20-10-4-5-12-21(20)24/h4-8,10-15H,9,16-19H2,1-3H3,(H,28,31). The molecule has 0 bridgehead atoms. The largest absolute Gasteiger partial charge is 0.491 e. The van der Waals surface area contributed by atoms with Crippen molar-refractivity contribution in [2.45, 2.75) is 40.2 Å². The van der Waals surface area contributed by atoms with Crippen LogP contribution in [0.3, 0.4) is 0 Å². The molecule has 1 heterocycles. The van der Waals surface area contributed by atoms with Crippen LogP contribution >= 0.6 is 0 Å². The molecule has 0 saturated carbocycles. The van der Waals surface area contributed by atoms with E-state index in [1.165, 1.54) is 5.39 Å². The van der Waals surface area contributed by atoms with E-state index < -0.39 is 0 Å². The molecule has 4 rings (SSSR count). The van der Waals surface area contributed by atoms with Gasteiger partial charge in [-0.05, 0) is 30.0 Å². The molecule has 1 aromatic heterocycles. The van der Waals surface area contributed by atoms with Gasteiger partial charge in [0.2, 0.25) is 5.91 Å².